The van der Waals surface area contributed by atoms with Crippen LogP contribution in [0.2, 0.25) is 5.02 Å². The van der Waals surface area contributed by atoms with Gasteiger partial charge in [-0.3, -0.25) is 4.79 Å². The monoisotopic (exact) mass is 438 g/mol. The normalized spacial score (nSPS) is 11.6. The number of hydrogen-bond acceptors (Lipinski definition) is 6. The fraction of sp³-hybridized carbons (Fsp3) is 0.182. The lowest BCUT2D eigenvalue weighted by Crippen LogP contribution is -2.35. The molecule has 0 saturated carbocycles. The first-order valence-electron chi connectivity index (χ1n) is 9.43. The molecule has 0 atom stereocenters. The van der Waals surface area contributed by atoms with Crippen LogP contribution in [0.5, 0.6) is 0 Å². The van der Waals surface area contributed by atoms with E-state index in [1.54, 1.807) is 28.4 Å². The molecule has 0 saturated heterocycles. The highest BCUT2D eigenvalue weighted by Crippen LogP contribution is 2.27. The summed E-state index contributed by atoms with van der Waals surface area (Å²) in [6.45, 7) is 4.09. The fourth-order valence-electron chi connectivity index (χ4n) is 2.92. The Kier molecular flexibility index (Phi) is 5.92. The van der Waals surface area contributed by atoms with Gasteiger partial charge in [0.2, 0.25) is 17.7 Å². The zero-order valence-corrected chi connectivity index (χ0v) is 18.0. The fourth-order valence-corrected chi connectivity index (χ4v) is 4.01. The molecule has 2 aromatic carbocycles. The molecule has 0 fully saturated rings. The molecule has 0 bridgehead atoms. The van der Waals surface area contributed by atoms with Gasteiger partial charge in [-0.1, -0.05) is 35.9 Å². The van der Waals surface area contributed by atoms with E-state index in [0.717, 1.165) is 15.2 Å². The van der Waals surface area contributed by atoms with Crippen LogP contribution < -0.4 is 0 Å². The number of nitrogens with zero attached hydrogens (tertiary/aromatic N) is 4. The standard InChI is InChI=1S/C22H19ClN4O2S/c1-14(2)27(13-19-25-26-22(29-19)15-7-3-4-8-16(15)23)21(28)12-11-20-24-17-9-5-6-10-18(17)30-20/h3-12,14H,13H2,1-2H3/b12-11+. The van der Waals surface area contributed by atoms with Crippen molar-refractivity contribution >= 4 is 45.1 Å². The van der Waals surface area contributed by atoms with E-state index in [4.69, 9.17) is 16.0 Å². The lowest BCUT2D eigenvalue weighted by molar-refractivity contribution is -0.128. The topological polar surface area (TPSA) is 72.1 Å². The smallest absolute Gasteiger partial charge is 0.249 e. The molecule has 0 aliphatic heterocycles. The van der Waals surface area contributed by atoms with Crippen molar-refractivity contribution in [3.63, 3.8) is 0 Å². The van der Waals surface area contributed by atoms with Crippen molar-refractivity contribution in [1.29, 1.82) is 0 Å². The van der Waals surface area contributed by atoms with Gasteiger partial charge in [0.15, 0.2) is 0 Å². The van der Waals surface area contributed by atoms with E-state index in [1.165, 1.54) is 6.08 Å². The predicted octanol–water partition coefficient (Wildman–Crippen LogP) is 5.45. The van der Waals surface area contributed by atoms with E-state index >= 15 is 0 Å². The lowest BCUT2D eigenvalue weighted by Gasteiger charge is -2.23. The van der Waals surface area contributed by atoms with Crippen molar-refractivity contribution in [2.75, 3.05) is 0 Å². The van der Waals surface area contributed by atoms with Gasteiger partial charge in [0.05, 0.1) is 27.3 Å². The summed E-state index contributed by atoms with van der Waals surface area (Å²) in [6, 6.07) is 15.1. The van der Waals surface area contributed by atoms with Crippen molar-refractivity contribution in [2.45, 2.75) is 26.4 Å². The van der Waals surface area contributed by atoms with Gasteiger partial charge in [-0.05, 0) is 44.2 Å². The molecule has 4 rings (SSSR count). The van der Waals surface area contributed by atoms with Crippen LogP contribution in [-0.2, 0) is 11.3 Å². The summed E-state index contributed by atoms with van der Waals surface area (Å²) in [5.74, 6) is 0.527. The first kappa shape index (κ1) is 20.3. The van der Waals surface area contributed by atoms with Gasteiger partial charge in [-0.2, -0.15) is 0 Å². The SMILES string of the molecule is CC(C)N(Cc1nnc(-c2ccccc2Cl)o1)C(=O)/C=C/c1nc2ccccc2s1. The largest absolute Gasteiger partial charge is 0.419 e. The Morgan fingerprint density at radius 2 is 1.93 bits per heavy atom. The maximum Gasteiger partial charge on any atom is 0.249 e. The lowest BCUT2D eigenvalue weighted by atomic mass is 10.2. The van der Waals surface area contributed by atoms with Crippen LogP contribution in [0, 0.1) is 0 Å². The van der Waals surface area contributed by atoms with Crippen LogP contribution >= 0.6 is 22.9 Å². The Morgan fingerprint density at radius 3 is 2.70 bits per heavy atom. The third-order valence-corrected chi connectivity index (χ3v) is 5.79. The number of thiazole rings is 1. The summed E-state index contributed by atoms with van der Waals surface area (Å²) in [6.07, 6.45) is 3.27. The molecule has 4 aromatic rings. The third-order valence-electron chi connectivity index (χ3n) is 4.46. The molecule has 2 aromatic heterocycles. The predicted molar refractivity (Wildman–Crippen MR) is 119 cm³/mol. The van der Waals surface area contributed by atoms with Crippen molar-refractivity contribution in [3.05, 3.63) is 70.5 Å². The minimum absolute atomic E-state index is 0.0480. The minimum atomic E-state index is -0.151. The Balaban J connectivity index is 1.50. The molecule has 0 aliphatic rings. The van der Waals surface area contributed by atoms with Crippen LogP contribution in [0.4, 0.5) is 0 Å². The highest BCUT2D eigenvalue weighted by molar-refractivity contribution is 7.19. The van der Waals surface area contributed by atoms with Gasteiger partial charge in [0.25, 0.3) is 0 Å². The van der Waals surface area contributed by atoms with E-state index in [1.807, 2.05) is 56.3 Å². The van der Waals surface area contributed by atoms with E-state index in [-0.39, 0.29) is 18.5 Å². The van der Waals surface area contributed by atoms with Crippen molar-refractivity contribution < 1.29 is 9.21 Å². The second kappa shape index (κ2) is 8.77. The first-order chi connectivity index (χ1) is 14.5. The van der Waals surface area contributed by atoms with E-state index in [2.05, 4.69) is 15.2 Å². The molecule has 1 amide bonds. The zero-order chi connectivity index (χ0) is 21.1. The number of amides is 1. The first-order valence-corrected chi connectivity index (χ1v) is 10.6. The molecule has 152 valence electrons. The highest BCUT2D eigenvalue weighted by Gasteiger charge is 2.19. The summed E-state index contributed by atoms with van der Waals surface area (Å²) in [5, 5.41) is 9.47. The average Bonchev–Trinajstić information content (AvgIpc) is 3.37. The van der Waals surface area contributed by atoms with Crippen molar-refractivity contribution in [2.24, 2.45) is 0 Å². The van der Waals surface area contributed by atoms with Crippen LogP contribution in [0.1, 0.15) is 24.7 Å². The molecule has 0 aliphatic carbocycles. The Hall–Kier alpha value is -3.03. The van der Waals surface area contributed by atoms with E-state index < -0.39 is 0 Å². The second-order valence-electron chi connectivity index (χ2n) is 6.89. The Labute approximate surface area is 182 Å². The number of hydrogen-bond donors (Lipinski definition) is 0. The van der Waals surface area contributed by atoms with Crippen LogP contribution in [0.25, 0.3) is 27.7 Å². The van der Waals surface area contributed by atoms with Gasteiger partial charge in [-0.25, -0.2) is 4.98 Å². The summed E-state index contributed by atoms with van der Waals surface area (Å²) in [5.41, 5.74) is 1.59. The van der Waals surface area contributed by atoms with Gasteiger partial charge >= 0.3 is 0 Å². The Morgan fingerprint density at radius 1 is 1.17 bits per heavy atom. The van der Waals surface area contributed by atoms with E-state index in [9.17, 15) is 4.79 Å². The number of para-hydroxylation sites is 1. The molecular weight excluding hydrogens is 420 g/mol. The number of carbonyl (C=O) groups is 1. The van der Waals surface area contributed by atoms with Crippen LogP contribution in [0.3, 0.4) is 0 Å². The maximum atomic E-state index is 12.8. The van der Waals surface area contributed by atoms with Gasteiger partial charge in [0, 0.05) is 12.1 Å². The van der Waals surface area contributed by atoms with Gasteiger partial charge in [-0.15, -0.1) is 21.5 Å². The molecule has 6 nitrogen and oxygen atoms in total. The highest BCUT2D eigenvalue weighted by atomic mass is 35.5. The molecule has 8 heteroatoms. The second-order valence-corrected chi connectivity index (χ2v) is 8.36. The summed E-state index contributed by atoms with van der Waals surface area (Å²) >= 11 is 7.74. The van der Waals surface area contributed by atoms with Crippen LogP contribution in [0.15, 0.2) is 59.0 Å². The summed E-state index contributed by atoms with van der Waals surface area (Å²) < 4.78 is 6.84. The number of halogens is 1. The molecule has 0 N–H and O–H groups in total. The van der Waals surface area contributed by atoms with E-state index in [0.29, 0.717) is 22.4 Å². The number of carbonyl (C=O) groups excluding carboxylic acids is 1. The Bertz CT molecular complexity index is 1180. The number of benzene rings is 2. The number of aromatic nitrogens is 3. The molecule has 0 radical (unpaired) electrons. The minimum Gasteiger partial charge on any atom is -0.419 e. The maximum absolute atomic E-state index is 12.8. The van der Waals surface area contributed by atoms with Crippen LogP contribution in [-0.4, -0.2) is 32.0 Å². The third kappa shape index (κ3) is 4.42. The summed E-state index contributed by atoms with van der Waals surface area (Å²) in [7, 11) is 0. The zero-order valence-electron chi connectivity index (χ0n) is 16.4. The number of rotatable bonds is 6. The molecule has 0 spiro atoms. The average molecular weight is 439 g/mol. The quantitative estimate of drug-likeness (QED) is 0.374. The molecular formula is C22H19ClN4O2S. The number of fused-ring (bicyclic) bond motifs is 1. The molecule has 0 unspecified atom stereocenters. The van der Waals surface area contributed by atoms with Crippen molar-refractivity contribution in [3.8, 4) is 11.5 Å². The van der Waals surface area contributed by atoms with Gasteiger partial charge < -0.3 is 9.32 Å². The summed E-state index contributed by atoms with van der Waals surface area (Å²) in [4.78, 5) is 19.0. The molecule has 2 heterocycles. The van der Waals surface area contributed by atoms with Gasteiger partial charge in [0.1, 0.15) is 5.01 Å². The van der Waals surface area contributed by atoms with Crippen molar-refractivity contribution in [1.82, 2.24) is 20.1 Å². The molecule has 30 heavy (non-hydrogen) atoms.